The first-order valence-corrected chi connectivity index (χ1v) is 6.85. The van der Waals surface area contributed by atoms with Crippen molar-refractivity contribution in [2.75, 3.05) is 11.1 Å². The lowest BCUT2D eigenvalue weighted by Gasteiger charge is -2.19. The highest BCUT2D eigenvalue weighted by atomic mass is 32.2. The highest BCUT2D eigenvalue weighted by molar-refractivity contribution is 8.00. The zero-order valence-corrected chi connectivity index (χ0v) is 10.9. The van der Waals surface area contributed by atoms with Crippen LogP contribution in [0, 0.1) is 6.92 Å². The first-order valence-electron chi connectivity index (χ1n) is 5.80. The van der Waals surface area contributed by atoms with Crippen LogP contribution in [0.1, 0.15) is 29.3 Å². The molecule has 0 aliphatic carbocycles. The van der Waals surface area contributed by atoms with E-state index < -0.39 is 5.97 Å². The fourth-order valence-electron chi connectivity index (χ4n) is 2.03. The van der Waals surface area contributed by atoms with Crippen LogP contribution in [0.2, 0.25) is 0 Å². The predicted molar refractivity (Wildman–Crippen MR) is 72.1 cm³/mol. The van der Waals surface area contributed by atoms with E-state index in [0.717, 1.165) is 17.7 Å². The Bertz CT molecular complexity index is 433. The summed E-state index contributed by atoms with van der Waals surface area (Å²) in [6.07, 6.45) is 1.14. The summed E-state index contributed by atoms with van der Waals surface area (Å²) in [5.74, 6) is 0.304. The van der Waals surface area contributed by atoms with E-state index in [1.807, 2.05) is 24.8 Å². The van der Waals surface area contributed by atoms with Gasteiger partial charge >= 0.3 is 5.97 Å². The Morgan fingerprint density at radius 3 is 2.88 bits per heavy atom. The topological polar surface area (TPSA) is 49.3 Å². The first kappa shape index (κ1) is 12.3. The minimum Gasteiger partial charge on any atom is -0.478 e. The molecule has 0 radical (unpaired) electrons. The molecule has 2 unspecified atom stereocenters. The molecule has 0 saturated carbocycles. The smallest absolute Gasteiger partial charge is 0.335 e. The lowest BCUT2D eigenvalue weighted by atomic mass is 10.1. The van der Waals surface area contributed by atoms with Crippen molar-refractivity contribution < 1.29 is 9.90 Å². The molecule has 0 amide bonds. The van der Waals surface area contributed by atoms with Gasteiger partial charge in [0.05, 0.1) is 5.56 Å². The molecule has 1 aromatic rings. The molecule has 1 aliphatic heterocycles. The molecule has 0 aromatic heterocycles. The van der Waals surface area contributed by atoms with Crippen LogP contribution >= 0.6 is 11.8 Å². The molecule has 17 heavy (non-hydrogen) atoms. The summed E-state index contributed by atoms with van der Waals surface area (Å²) in [7, 11) is 0. The standard InChI is InChI=1S/C13H17NO2S/c1-8-3-4-10(13(15)16)7-12(8)14-11-5-6-17-9(11)2/h3-4,7,9,11,14H,5-6H2,1-2H3,(H,15,16). The molecular formula is C13H17NO2S. The molecule has 2 atom stereocenters. The highest BCUT2D eigenvalue weighted by Crippen LogP contribution is 2.30. The number of aryl methyl sites for hydroxylation is 1. The molecule has 4 heteroatoms. The third-order valence-electron chi connectivity index (χ3n) is 3.20. The maximum Gasteiger partial charge on any atom is 0.335 e. The van der Waals surface area contributed by atoms with E-state index in [2.05, 4.69) is 12.2 Å². The van der Waals surface area contributed by atoms with Crippen LogP contribution in [0.15, 0.2) is 18.2 Å². The van der Waals surface area contributed by atoms with E-state index in [1.54, 1.807) is 12.1 Å². The fraction of sp³-hybridized carbons (Fsp3) is 0.462. The van der Waals surface area contributed by atoms with E-state index in [-0.39, 0.29) is 0 Å². The number of carbonyl (C=O) groups is 1. The number of anilines is 1. The zero-order chi connectivity index (χ0) is 12.4. The van der Waals surface area contributed by atoms with Crippen LogP contribution in [0.3, 0.4) is 0 Å². The molecule has 0 spiro atoms. The summed E-state index contributed by atoms with van der Waals surface area (Å²) in [5, 5.41) is 13.0. The minimum atomic E-state index is -0.873. The Labute approximate surface area is 106 Å². The van der Waals surface area contributed by atoms with Crippen molar-refractivity contribution in [2.45, 2.75) is 31.6 Å². The second-order valence-electron chi connectivity index (χ2n) is 4.45. The Balaban J connectivity index is 2.19. The maximum absolute atomic E-state index is 10.9. The van der Waals surface area contributed by atoms with Crippen molar-refractivity contribution in [3.63, 3.8) is 0 Å². The summed E-state index contributed by atoms with van der Waals surface area (Å²) in [5.41, 5.74) is 2.39. The van der Waals surface area contributed by atoms with Crippen LogP contribution in [0.25, 0.3) is 0 Å². The molecule has 0 bridgehead atoms. The van der Waals surface area contributed by atoms with Crippen LogP contribution in [-0.2, 0) is 0 Å². The third kappa shape index (κ3) is 2.75. The molecule has 1 aromatic carbocycles. The van der Waals surface area contributed by atoms with Gasteiger partial charge in [0.2, 0.25) is 0 Å². The van der Waals surface area contributed by atoms with Gasteiger partial charge in [-0.25, -0.2) is 4.79 Å². The number of nitrogens with one attached hydrogen (secondary N) is 1. The number of carboxylic acid groups (broad SMARTS) is 1. The highest BCUT2D eigenvalue weighted by Gasteiger charge is 2.24. The maximum atomic E-state index is 10.9. The quantitative estimate of drug-likeness (QED) is 0.867. The third-order valence-corrected chi connectivity index (χ3v) is 4.53. The molecule has 2 N–H and O–H groups in total. The van der Waals surface area contributed by atoms with Gasteiger partial charge in [0.15, 0.2) is 0 Å². The summed E-state index contributed by atoms with van der Waals surface area (Å²) < 4.78 is 0. The summed E-state index contributed by atoms with van der Waals surface area (Å²) in [6, 6.07) is 5.68. The minimum absolute atomic E-state index is 0.344. The summed E-state index contributed by atoms with van der Waals surface area (Å²) in [6.45, 7) is 4.21. The summed E-state index contributed by atoms with van der Waals surface area (Å²) >= 11 is 1.96. The number of hydrogen-bond donors (Lipinski definition) is 2. The van der Waals surface area contributed by atoms with Crippen LogP contribution in [0.5, 0.6) is 0 Å². The van der Waals surface area contributed by atoms with Gasteiger partial charge in [0, 0.05) is 17.0 Å². The largest absolute Gasteiger partial charge is 0.478 e. The summed E-state index contributed by atoms with van der Waals surface area (Å²) in [4.78, 5) is 10.9. The lowest BCUT2D eigenvalue weighted by molar-refractivity contribution is 0.0697. The molecular weight excluding hydrogens is 234 g/mol. The normalized spacial score (nSPS) is 23.6. The van der Waals surface area contributed by atoms with Crippen molar-refractivity contribution in [3.8, 4) is 0 Å². The van der Waals surface area contributed by atoms with Crippen molar-refractivity contribution >= 4 is 23.4 Å². The van der Waals surface area contributed by atoms with E-state index >= 15 is 0 Å². The second-order valence-corrected chi connectivity index (χ2v) is 5.94. The lowest BCUT2D eigenvalue weighted by Crippen LogP contribution is -2.25. The van der Waals surface area contributed by atoms with Gasteiger partial charge in [-0.1, -0.05) is 13.0 Å². The number of hydrogen-bond acceptors (Lipinski definition) is 3. The Morgan fingerprint density at radius 1 is 1.53 bits per heavy atom. The predicted octanol–water partition coefficient (Wildman–Crippen LogP) is 3.00. The van der Waals surface area contributed by atoms with Gasteiger partial charge in [-0.05, 0) is 36.8 Å². The SMILES string of the molecule is Cc1ccc(C(=O)O)cc1NC1CCSC1C. The average Bonchev–Trinajstić information content (AvgIpc) is 2.67. The molecule has 1 heterocycles. The number of rotatable bonds is 3. The second kappa shape index (κ2) is 5.00. The zero-order valence-electron chi connectivity index (χ0n) is 10.1. The first-order chi connectivity index (χ1) is 8.08. The molecule has 1 fully saturated rings. The molecule has 1 aliphatic rings. The van der Waals surface area contributed by atoms with E-state index in [1.165, 1.54) is 5.75 Å². The van der Waals surface area contributed by atoms with E-state index in [9.17, 15) is 4.79 Å². The van der Waals surface area contributed by atoms with Crippen LogP contribution < -0.4 is 5.32 Å². The van der Waals surface area contributed by atoms with Crippen molar-refractivity contribution in [1.29, 1.82) is 0 Å². The fourth-order valence-corrected chi connectivity index (χ4v) is 3.23. The average molecular weight is 251 g/mol. The van der Waals surface area contributed by atoms with E-state index in [4.69, 9.17) is 5.11 Å². The number of benzene rings is 1. The van der Waals surface area contributed by atoms with Gasteiger partial charge in [0.1, 0.15) is 0 Å². The van der Waals surface area contributed by atoms with Gasteiger partial charge in [-0.15, -0.1) is 0 Å². The molecule has 3 nitrogen and oxygen atoms in total. The molecule has 2 rings (SSSR count). The number of carboxylic acids is 1. The van der Waals surface area contributed by atoms with Gasteiger partial charge in [-0.2, -0.15) is 11.8 Å². The Morgan fingerprint density at radius 2 is 2.29 bits per heavy atom. The van der Waals surface area contributed by atoms with Gasteiger partial charge < -0.3 is 10.4 Å². The molecule has 1 saturated heterocycles. The van der Waals surface area contributed by atoms with Crippen molar-refractivity contribution in [2.24, 2.45) is 0 Å². The Kier molecular flexibility index (Phi) is 3.62. The van der Waals surface area contributed by atoms with Gasteiger partial charge in [0.25, 0.3) is 0 Å². The molecule has 92 valence electrons. The van der Waals surface area contributed by atoms with Gasteiger partial charge in [-0.3, -0.25) is 0 Å². The van der Waals surface area contributed by atoms with Crippen LogP contribution in [-0.4, -0.2) is 28.1 Å². The Hall–Kier alpha value is -1.16. The van der Waals surface area contributed by atoms with E-state index in [0.29, 0.717) is 16.9 Å². The monoisotopic (exact) mass is 251 g/mol. The number of aromatic carboxylic acids is 1. The number of thioether (sulfide) groups is 1. The van der Waals surface area contributed by atoms with Crippen molar-refractivity contribution in [3.05, 3.63) is 29.3 Å². The van der Waals surface area contributed by atoms with Crippen molar-refractivity contribution in [1.82, 2.24) is 0 Å². The van der Waals surface area contributed by atoms with Crippen LogP contribution in [0.4, 0.5) is 5.69 Å².